The number of amides is 1. The molecule has 17 heavy (non-hydrogen) atoms. The highest BCUT2D eigenvalue weighted by atomic mass is 32.2. The van der Waals surface area contributed by atoms with Gasteiger partial charge in [0.05, 0.1) is 12.3 Å². The van der Waals surface area contributed by atoms with Crippen molar-refractivity contribution in [3.63, 3.8) is 0 Å². The lowest BCUT2D eigenvalue weighted by Gasteiger charge is -2.25. The molecule has 0 bridgehead atoms. The Labute approximate surface area is 103 Å². The summed E-state index contributed by atoms with van der Waals surface area (Å²) in [6.45, 7) is 0.835. The molecule has 2 rings (SSSR count). The summed E-state index contributed by atoms with van der Waals surface area (Å²) < 4.78 is 25.2. The van der Waals surface area contributed by atoms with E-state index in [9.17, 15) is 13.2 Å². The van der Waals surface area contributed by atoms with E-state index in [2.05, 4.69) is 5.32 Å². The van der Waals surface area contributed by atoms with Crippen LogP contribution in [0.4, 0.5) is 0 Å². The largest absolute Gasteiger partial charge is 0.354 e. The van der Waals surface area contributed by atoms with Gasteiger partial charge in [-0.2, -0.15) is 4.31 Å². The maximum absolute atomic E-state index is 11.9. The maximum Gasteiger partial charge on any atom is 0.235 e. The van der Waals surface area contributed by atoms with Crippen LogP contribution in [0.25, 0.3) is 0 Å². The second-order valence-electron chi connectivity index (χ2n) is 4.94. The van der Waals surface area contributed by atoms with Gasteiger partial charge in [0.25, 0.3) is 0 Å². The zero-order valence-electron chi connectivity index (χ0n) is 10.0. The molecule has 0 aromatic rings. The van der Waals surface area contributed by atoms with Crippen LogP contribution in [0.5, 0.6) is 0 Å². The van der Waals surface area contributed by atoms with Crippen molar-refractivity contribution in [2.24, 2.45) is 5.92 Å². The number of nitrogens with zero attached hydrogens (tertiary/aromatic N) is 1. The minimum atomic E-state index is -3.22. The molecule has 0 atom stereocenters. The van der Waals surface area contributed by atoms with Crippen molar-refractivity contribution in [3.8, 4) is 0 Å². The number of hydrogen-bond donors (Lipinski definition) is 1. The third kappa shape index (κ3) is 3.96. The summed E-state index contributed by atoms with van der Waals surface area (Å²) in [7, 11) is -3.22. The number of hydrogen-bond acceptors (Lipinski definition) is 3. The highest BCUT2D eigenvalue weighted by Crippen LogP contribution is 2.33. The van der Waals surface area contributed by atoms with Crippen LogP contribution in [0.1, 0.15) is 32.1 Å². The lowest BCUT2D eigenvalue weighted by atomic mass is 10.2. The summed E-state index contributed by atoms with van der Waals surface area (Å²) in [5.41, 5.74) is 0. The van der Waals surface area contributed by atoms with E-state index in [-0.39, 0.29) is 18.2 Å². The van der Waals surface area contributed by atoms with Gasteiger partial charge < -0.3 is 5.32 Å². The van der Waals surface area contributed by atoms with Crippen molar-refractivity contribution in [2.75, 3.05) is 25.4 Å². The fraction of sp³-hybridized carbons (Fsp3) is 0.909. The van der Waals surface area contributed by atoms with Crippen LogP contribution in [-0.4, -0.2) is 44.0 Å². The van der Waals surface area contributed by atoms with Crippen molar-refractivity contribution in [2.45, 2.75) is 32.1 Å². The maximum atomic E-state index is 11.9. The minimum absolute atomic E-state index is 0.00897. The monoisotopic (exact) mass is 260 g/mol. The lowest BCUT2D eigenvalue weighted by Crippen LogP contribution is -2.50. The van der Waals surface area contributed by atoms with E-state index in [1.165, 1.54) is 17.1 Å². The zero-order chi connectivity index (χ0) is 12.3. The molecule has 5 nitrogen and oxygen atoms in total. The van der Waals surface area contributed by atoms with Gasteiger partial charge in [0.2, 0.25) is 15.9 Å². The van der Waals surface area contributed by atoms with Gasteiger partial charge in [-0.15, -0.1) is 0 Å². The number of carbonyl (C=O) groups excluding carboxylic acids is 1. The molecular formula is C11H20N2O3S. The Morgan fingerprint density at radius 3 is 2.71 bits per heavy atom. The fourth-order valence-electron chi connectivity index (χ4n) is 2.11. The molecule has 1 N–H and O–H groups in total. The lowest BCUT2D eigenvalue weighted by molar-refractivity contribution is -0.122. The first-order valence-corrected chi connectivity index (χ1v) is 7.93. The number of unbranched alkanes of at least 4 members (excludes halogenated alkanes) is 1. The number of rotatable bonds is 6. The number of piperazine rings is 1. The first kappa shape index (κ1) is 12.8. The molecule has 0 aromatic heterocycles. The van der Waals surface area contributed by atoms with Crippen molar-refractivity contribution >= 4 is 15.9 Å². The fourth-order valence-corrected chi connectivity index (χ4v) is 3.62. The summed E-state index contributed by atoms with van der Waals surface area (Å²) in [6, 6.07) is 0. The average Bonchev–Trinajstić information content (AvgIpc) is 3.08. The molecule has 0 spiro atoms. The summed E-state index contributed by atoms with van der Waals surface area (Å²) in [5, 5.41) is 2.63. The van der Waals surface area contributed by atoms with E-state index in [1.807, 2.05) is 0 Å². The topological polar surface area (TPSA) is 66.5 Å². The van der Waals surface area contributed by atoms with Crippen LogP contribution < -0.4 is 5.32 Å². The molecule has 1 saturated heterocycles. The summed E-state index contributed by atoms with van der Waals surface area (Å²) in [5.74, 6) is 0.851. The van der Waals surface area contributed by atoms with Crippen LogP contribution in [0.3, 0.4) is 0 Å². The van der Waals surface area contributed by atoms with Gasteiger partial charge in [0, 0.05) is 13.1 Å². The van der Waals surface area contributed by atoms with E-state index >= 15 is 0 Å². The van der Waals surface area contributed by atoms with Gasteiger partial charge in [0.1, 0.15) is 0 Å². The average molecular weight is 260 g/mol. The number of nitrogens with one attached hydrogen (secondary N) is 1. The van der Waals surface area contributed by atoms with Crippen molar-refractivity contribution in [1.29, 1.82) is 0 Å². The first-order valence-electron chi connectivity index (χ1n) is 6.32. The summed E-state index contributed by atoms with van der Waals surface area (Å²) >= 11 is 0. The third-order valence-corrected chi connectivity index (χ3v) is 5.26. The SMILES string of the molecule is O=C1CN(S(=O)(=O)CCCCC2CC2)CCN1. The predicted octanol–water partition coefficient (Wildman–Crippen LogP) is 0.328. The Kier molecular flexibility index (Phi) is 4.04. The van der Waals surface area contributed by atoms with E-state index in [0.29, 0.717) is 13.1 Å². The van der Waals surface area contributed by atoms with Crippen molar-refractivity contribution in [3.05, 3.63) is 0 Å². The number of sulfonamides is 1. The van der Waals surface area contributed by atoms with Crippen LogP contribution in [-0.2, 0) is 14.8 Å². The molecule has 1 heterocycles. The quantitative estimate of drug-likeness (QED) is 0.700. The molecule has 1 saturated carbocycles. The normalized spacial score (nSPS) is 22.5. The van der Waals surface area contributed by atoms with Crippen LogP contribution >= 0.6 is 0 Å². The molecular weight excluding hydrogens is 240 g/mol. The molecule has 1 amide bonds. The molecule has 2 aliphatic rings. The number of carbonyl (C=O) groups is 1. The van der Waals surface area contributed by atoms with Crippen LogP contribution in [0.2, 0.25) is 0 Å². The van der Waals surface area contributed by atoms with E-state index in [0.717, 1.165) is 25.2 Å². The summed E-state index contributed by atoms with van der Waals surface area (Å²) in [6.07, 6.45) is 5.51. The first-order chi connectivity index (χ1) is 8.08. The Bertz CT molecular complexity index is 376. The Morgan fingerprint density at radius 1 is 1.29 bits per heavy atom. The Balaban J connectivity index is 1.74. The molecule has 1 aliphatic heterocycles. The highest BCUT2D eigenvalue weighted by Gasteiger charge is 2.27. The van der Waals surface area contributed by atoms with Gasteiger partial charge in [-0.3, -0.25) is 4.79 Å². The molecule has 0 aromatic carbocycles. The zero-order valence-corrected chi connectivity index (χ0v) is 10.8. The Hall–Kier alpha value is -0.620. The molecule has 0 unspecified atom stereocenters. The molecule has 0 radical (unpaired) electrons. The van der Waals surface area contributed by atoms with Crippen molar-refractivity contribution in [1.82, 2.24) is 9.62 Å². The van der Waals surface area contributed by atoms with Crippen molar-refractivity contribution < 1.29 is 13.2 Å². The van der Waals surface area contributed by atoms with Gasteiger partial charge in [-0.05, 0) is 12.3 Å². The molecule has 1 aliphatic carbocycles. The van der Waals surface area contributed by atoms with E-state index in [4.69, 9.17) is 0 Å². The second-order valence-corrected chi connectivity index (χ2v) is 7.03. The second kappa shape index (κ2) is 5.35. The predicted molar refractivity (Wildman–Crippen MR) is 64.9 cm³/mol. The van der Waals surface area contributed by atoms with Gasteiger partial charge in [0.15, 0.2) is 0 Å². The summed E-state index contributed by atoms with van der Waals surface area (Å²) in [4.78, 5) is 11.1. The van der Waals surface area contributed by atoms with Crippen LogP contribution in [0.15, 0.2) is 0 Å². The van der Waals surface area contributed by atoms with Crippen LogP contribution in [0, 0.1) is 5.92 Å². The van der Waals surface area contributed by atoms with Gasteiger partial charge in [-0.1, -0.05) is 25.7 Å². The standard InChI is InChI=1S/C11H20N2O3S/c14-11-9-13(7-6-12-11)17(15,16)8-2-1-3-10-4-5-10/h10H,1-9H2,(H,12,14). The molecule has 2 fully saturated rings. The van der Waals surface area contributed by atoms with Gasteiger partial charge in [-0.25, -0.2) is 8.42 Å². The van der Waals surface area contributed by atoms with E-state index < -0.39 is 10.0 Å². The highest BCUT2D eigenvalue weighted by molar-refractivity contribution is 7.89. The Morgan fingerprint density at radius 2 is 2.06 bits per heavy atom. The minimum Gasteiger partial charge on any atom is -0.354 e. The smallest absolute Gasteiger partial charge is 0.235 e. The molecule has 6 heteroatoms. The molecule has 98 valence electrons. The van der Waals surface area contributed by atoms with Gasteiger partial charge >= 0.3 is 0 Å². The third-order valence-electron chi connectivity index (χ3n) is 3.36. The van der Waals surface area contributed by atoms with E-state index in [1.54, 1.807) is 0 Å².